The van der Waals surface area contributed by atoms with Crippen LogP contribution in [0.5, 0.6) is 0 Å². The largest absolute Gasteiger partial charge is 0.456 e. The summed E-state index contributed by atoms with van der Waals surface area (Å²) in [6.07, 6.45) is 5.95. The van der Waals surface area contributed by atoms with Crippen molar-refractivity contribution in [3.8, 4) is 27.9 Å². The van der Waals surface area contributed by atoms with E-state index < -0.39 is 0 Å². The number of aromatic nitrogens is 1. The van der Waals surface area contributed by atoms with Gasteiger partial charge < -0.3 is 13.9 Å². The zero-order valence-electron chi connectivity index (χ0n) is 38.3. The molecule has 4 heteroatoms. The molecule has 0 atom stereocenters. The fourth-order valence-electron chi connectivity index (χ4n) is 12.7. The van der Waals surface area contributed by atoms with Crippen LogP contribution in [0.25, 0.3) is 103 Å². The van der Waals surface area contributed by atoms with Gasteiger partial charge in [0.25, 0.3) is 0 Å². The number of benzene rings is 10. The summed E-state index contributed by atoms with van der Waals surface area (Å²) in [6, 6.07) is 75.3. The van der Waals surface area contributed by atoms with Crippen molar-refractivity contribution in [2.75, 3.05) is 4.90 Å². The zero-order valence-corrected chi connectivity index (χ0v) is 39.1. The molecule has 2 aliphatic carbocycles. The topological polar surface area (TPSA) is 21.3 Å². The van der Waals surface area contributed by atoms with E-state index in [-0.39, 0.29) is 5.41 Å². The van der Waals surface area contributed by atoms with Gasteiger partial charge in [0.15, 0.2) is 0 Å². The van der Waals surface area contributed by atoms with Gasteiger partial charge in [0, 0.05) is 58.5 Å². The van der Waals surface area contributed by atoms with E-state index in [0.29, 0.717) is 0 Å². The molecule has 3 nitrogen and oxygen atoms in total. The van der Waals surface area contributed by atoms with Gasteiger partial charge >= 0.3 is 0 Å². The first-order chi connectivity index (χ1) is 34.1. The van der Waals surface area contributed by atoms with Crippen LogP contribution < -0.4 is 4.90 Å². The quantitative estimate of drug-likeness (QED) is 0.172. The van der Waals surface area contributed by atoms with E-state index in [2.05, 4.69) is 217 Å². The molecule has 0 bridgehead atoms. The third kappa shape index (κ3) is 5.67. The lowest BCUT2D eigenvalue weighted by molar-refractivity contribution is 0.353. The summed E-state index contributed by atoms with van der Waals surface area (Å²) in [4.78, 5) is 2.56. The van der Waals surface area contributed by atoms with Gasteiger partial charge in [0.1, 0.15) is 11.2 Å². The Morgan fingerprint density at radius 2 is 1.17 bits per heavy atom. The van der Waals surface area contributed by atoms with Gasteiger partial charge in [0.2, 0.25) is 0 Å². The first-order valence-electron chi connectivity index (χ1n) is 24.5. The number of anilines is 3. The van der Waals surface area contributed by atoms with Crippen molar-refractivity contribution in [2.45, 2.75) is 44.4 Å². The summed E-state index contributed by atoms with van der Waals surface area (Å²) in [5, 5.41) is 9.94. The number of nitrogens with zero attached hydrogens (tertiary/aromatic N) is 2. The molecule has 1 saturated carbocycles. The molecule has 0 N–H and O–H groups in total. The van der Waals surface area contributed by atoms with Crippen LogP contribution in [0.1, 0.15) is 48.8 Å². The Morgan fingerprint density at radius 1 is 0.478 bits per heavy atom. The third-order valence-electron chi connectivity index (χ3n) is 15.8. The highest BCUT2D eigenvalue weighted by atomic mass is 32.1. The van der Waals surface area contributed by atoms with E-state index in [1.807, 2.05) is 11.3 Å². The number of hydrogen-bond donors (Lipinski definition) is 0. The van der Waals surface area contributed by atoms with Crippen molar-refractivity contribution < 1.29 is 4.42 Å². The molecule has 69 heavy (non-hydrogen) atoms. The van der Waals surface area contributed by atoms with Crippen LogP contribution >= 0.6 is 11.3 Å². The second-order valence-electron chi connectivity index (χ2n) is 19.5. The first kappa shape index (κ1) is 39.1. The first-order valence-corrected chi connectivity index (χ1v) is 25.3. The van der Waals surface area contributed by atoms with Crippen LogP contribution in [0.15, 0.2) is 205 Å². The van der Waals surface area contributed by atoms with Crippen LogP contribution in [-0.4, -0.2) is 4.57 Å². The summed E-state index contributed by atoms with van der Waals surface area (Å²) < 4.78 is 11.8. The van der Waals surface area contributed by atoms with Gasteiger partial charge in [-0.15, -0.1) is 11.3 Å². The van der Waals surface area contributed by atoms with Crippen molar-refractivity contribution in [3.05, 3.63) is 217 Å². The Kier molecular flexibility index (Phi) is 8.38. The molecular formula is C65H46N2OS. The minimum atomic E-state index is -0.112. The molecule has 1 fully saturated rings. The van der Waals surface area contributed by atoms with Crippen molar-refractivity contribution >= 4 is 103 Å². The number of para-hydroxylation sites is 2. The highest BCUT2D eigenvalue weighted by molar-refractivity contribution is 7.25. The third-order valence-corrected chi connectivity index (χ3v) is 17.0. The summed E-state index contributed by atoms with van der Waals surface area (Å²) >= 11 is 1.89. The molecule has 0 aliphatic heterocycles. The number of thiophene rings is 1. The standard InChI is InChI=1S/C65H46N2OS/c1-40-24-28-43(29-25-40)66-55-19-8-5-14-45(55)47-32-30-44(38-57(47)66)67(56-20-13-22-60-64(56)51-18-6-9-21-59(51)68-60)58-39-54-63(49-17-4-3-15-46(49)58)50-31-26-42(37-53(50)65(54)34-11-2-12-35-65)41-27-33-62-52(36-41)48-16-7-10-23-61(48)69-62/h3-10,13-33,36-39H,2,11-12,34-35H2,1H3. The van der Waals surface area contributed by atoms with Crippen molar-refractivity contribution in [1.29, 1.82) is 0 Å². The molecule has 0 amide bonds. The Hall–Kier alpha value is -7.92. The zero-order chi connectivity index (χ0) is 45.4. The minimum absolute atomic E-state index is 0.112. The molecule has 0 saturated heterocycles. The monoisotopic (exact) mass is 902 g/mol. The van der Waals surface area contributed by atoms with Gasteiger partial charge in [-0.05, 0) is 137 Å². The van der Waals surface area contributed by atoms with Crippen LogP contribution in [-0.2, 0) is 5.41 Å². The number of fused-ring (bicyclic) bond motifs is 16. The summed E-state index contributed by atoms with van der Waals surface area (Å²) in [7, 11) is 0. The van der Waals surface area contributed by atoms with Gasteiger partial charge in [-0.3, -0.25) is 0 Å². The Labute approximate surface area is 404 Å². The smallest absolute Gasteiger partial charge is 0.137 e. The molecule has 3 heterocycles. The van der Waals surface area contributed by atoms with Crippen molar-refractivity contribution in [1.82, 2.24) is 4.57 Å². The molecule has 328 valence electrons. The molecule has 0 radical (unpaired) electrons. The Morgan fingerprint density at radius 3 is 2.04 bits per heavy atom. The summed E-state index contributed by atoms with van der Waals surface area (Å²) in [5.74, 6) is 0. The number of furan rings is 1. The van der Waals surface area contributed by atoms with Gasteiger partial charge in [0.05, 0.1) is 27.8 Å². The predicted molar refractivity (Wildman–Crippen MR) is 293 cm³/mol. The lowest BCUT2D eigenvalue weighted by Crippen LogP contribution is -2.28. The molecule has 15 rings (SSSR count). The molecule has 2 aliphatic rings. The van der Waals surface area contributed by atoms with Crippen molar-refractivity contribution in [3.63, 3.8) is 0 Å². The lowest BCUT2D eigenvalue weighted by atomic mass is 9.67. The van der Waals surface area contributed by atoms with Crippen LogP contribution in [0.3, 0.4) is 0 Å². The summed E-state index contributed by atoms with van der Waals surface area (Å²) in [5.41, 5.74) is 18.2. The van der Waals surface area contributed by atoms with E-state index in [1.165, 1.54) is 117 Å². The second kappa shape index (κ2) is 14.8. The van der Waals surface area contributed by atoms with Crippen LogP contribution in [0.2, 0.25) is 0 Å². The van der Waals surface area contributed by atoms with Gasteiger partial charge in [-0.2, -0.15) is 0 Å². The fraction of sp³-hybridized carbons (Fsp3) is 0.108. The molecule has 0 unspecified atom stereocenters. The highest BCUT2D eigenvalue weighted by Crippen LogP contribution is 2.60. The van der Waals surface area contributed by atoms with Crippen LogP contribution in [0, 0.1) is 6.92 Å². The predicted octanol–water partition coefficient (Wildman–Crippen LogP) is 18.9. The minimum Gasteiger partial charge on any atom is -0.456 e. The second-order valence-corrected chi connectivity index (χ2v) is 20.6. The SMILES string of the molecule is Cc1ccc(-n2c3ccccc3c3ccc(N(c4cc5c(c6ccccc46)-c4ccc(-c6ccc7sc8ccccc8c7c6)cc4C54CCCCC4)c4cccc5oc6ccccc6c45)cc32)cc1. The molecule has 10 aromatic carbocycles. The maximum atomic E-state index is 6.66. The normalized spacial score (nSPS) is 14.3. The highest BCUT2D eigenvalue weighted by Gasteiger charge is 2.45. The maximum absolute atomic E-state index is 6.66. The van der Waals surface area contributed by atoms with E-state index >= 15 is 0 Å². The average molecular weight is 903 g/mol. The molecular weight excluding hydrogens is 857 g/mol. The summed E-state index contributed by atoms with van der Waals surface area (Å²) in [6.45, 7) is 2.16. The Bertz CT molecular complexity index is 4250. The van der Waals surface area contributed by atoms with Crippen molar-refractivity contribution in [2.24, 2.45) is 0 Å². The fourth-order valence-corrected chi connectivity index (χ4v) is 13.8. The molecule has 3 aromatic heterocycles. The number of rotatable bonds is 5. The number of aryl methyl sites for hydroxylation is 1. The maximum Gasteiger partial charge on any atom is 0.137 e. The van der Waals surface area contributed by atoms with E-state index in [9.17, 15) is 0 Å². The van der Waals surface area contributed by atoms with Gasteiger partial charge in [-0.1, -0.05) is 146 Å². The number of hydrogen-bond acceptors (Lipinski definition) is 3. The Balaban J connectivity index is 1.00. The molecule has 13 aromatic rings. The van der Waals surface area contributed by atoms with Crippen LogP contribution in [0.4, 0.5) is 17.1 Å². The van der Waals surface area contributed by atoms with Gasteiger partial charge in [-0.25, -0.2) is 0 Å². The van der Waals surface area contributed by atoms with E-state index in [0.717, 1.165) is 51.8 Å². The molecule has 1 spiro atoms. The van der Waals surface area contributed by atoms with E-state index in [4.69, 9.17) is 4.42 Å². The lowest BCUT2D eigenvalue weighted by Gasteiger charge is -2.37. The van der Waals surface area contributed by atoms with E-state index in [1.54, 1.807) is 0 Å². The average Bonchev–Trinajstić information content (AvgIpc) is 4.14.